The summed E-state index contributed by atoms with van der Waals surface area (Å²) in [5, 5.41) is 9.24. The predicted molar refractivity (Wildman–Crippen MR) is 118 cm³/mol. The van der Waals surface area contributed by atoms with E-state index < -0.39 is 0 Å². The summed E-state index contributed by atoms with van der Waals surface area (Å²) in [6, 6.07) is 18.0. The zero-order valence-corrected chi connectivity index (χ0v) is 18.3. The lowest BCUT2D eigenvalue weighted by Gasteiger charge is -2.13. The highest BCUT2D eigenvalue weighted by molar-refractivity contribution is 7.99. The van der Waals surface area contributed by atoms with Gasteiger partial charge >= 0.3 is 0 Å². The van der Waals surface area contributed by atoms with E-state index in [0.717, 1.165) is 16.9 Å². The van der Waals surface area contributed by atoms with Crippen molar-refractivity contribution in [2.45, 2.75) is 18.3 Å². The molecule has 0 spiro atoms. The molecule has 1 amide bonds. The van der Waals surface area contributed by atoms with Crippen LogP contribution in [0.4, 0.5) is 0 Å². The Kier molecular flexibility index (Phi) is 7.87. The quantitative estimate of drug-likeness (QED) is 0.463. The monoisotopic (exact) mass is 426 g/mol. The number of ether oxygens (including phenoxy) is 2. The zero-order chi connectivity index (χ0) is 21.3. The van der Waals surface area contributed by atoms with Gasteiger partial charge in [-0.2, -0.15) is 0 Å². The maximum absolute atomic E-state index is 11.9. The van der Waals surface area contributed by atoms with Crippen LogP contribution in [0.1, 0.15) is 5.82 Å². The lowest BCUT2D eigenvalue weighted by Crippen LogP contribution is -2.23. The van der Waals surface area contributed by atoms with E-state index in [4.69, 9.17) is 9.47 Å². The molecule has 0 radical (unpaired) electrons. The molecule has 0 saturated heterocycles. The fourth-order valence-corrected chi connectivity index (χ4v) is 3.75. The Morgan fingerprint density at radius 3 is 2.53 bits per heavy atom. The lowest BCUT2D eigenvalue weighted by atomic mass is 10.1. The first-order chi connectivity index (χ1) is 14.6. The van der Waals surface area contributed by atoms with Crippen LogP contribution in [0.2, 0.25) is 0 Å². The second-order valence-electron chi connectivity index (χ2n) is 6.77. The summed E-state index contributed by atoms with van der Waals surface area (Å²) in [5.74, 6) is 1.79. The minimum atomic E-state index is 0.0240. The Labute approximate surface area is 181 Å². The average Bonchev–Trinajstić information content (AvgIpc) is 3.16. The molecule has 30 heavy (non-hydrogen) atoms. The van der Waals surface area contributed by atoms with Crippen LogP contribution in [-0.2, 0) is 22.7 Å². The van der Waals surface area contributed by atoms with E-state index in [2.05, 4.69) is 22.3 Å². The van der Waals surface area contributed by atoms with E-state index in [-0.39, 0.29) is 12.5 Å². The Morgan fingerprint density at radius 1 is 1.07 bits per heavy atom. The number of carbonyl (C=O) groups is 1. The van der Waals surface area contributed by atoms with E-state index in [1.54, 1.807) is 26.1 Å². The number of benzene rings is 2. The van der Waals surface area contributed by atoms with Crippen molar-refractivity contribution in [2.24, 2.45) is 0 Å². The largest absolute Gasteiger partial charge is 0.485 e. The number of rotatable bonds is 10. The van der Waals surface area contributed by atoms with Crippen molar-refractivity contribution in [1.82, 2.24) is 19.7 Å². The van der Waals surface area contributed by atoms with E-state index >= 15 is 0 Å². The Hall–Kier alpha value is -2.84. The summed E-state index contributed by atoms with van der Waals surface area (Å²) in [4.78, 5) is 13.5. The van der Waals surface area contributed by atoms with Crippen molar-refractivity contribution in [3.8, 4) is 16.9 Å². The first-order valence-corrected chi connectivity index (χ1v) is 10.6. The van der Waals surface area contributed by atoms with Crippen LogP contribution in [0, 0.1) is 0 Å². The summed E-state index contributed by atoms with van der Waals surface area (Å²) in [7, 11) is 5.13. The number of carbonyl (C=O) groups excluding carboxylic acids is 1. The van der Waals surface area contributed by atoms with Gasteiger partial charge in [0, 0.05) is 33.3 Å². The van der Waals surface area contributed by atoms with Gasteiger partial charge in [-0.1, -0.05) is 60.3 Å². The van der Waals surface area contributed by atoms with Gasteiger partial charge in [0.1, 0.15) is 12.4 Å². The number of thioether (sulfide) groups is 1. The fourth-order valence-electron chi connectivity index (χ4n) is 2.79. The van der Waals surface area contributed by atoms with Crippen molar-refractivity contribution < 1.29 is 14.3 Å². The van der Waals surface area contributed by atoms with Gasteiger partial charge in [0.15, 0.2) is 11.0 Å². The van der Waals surface area contributed by atoms with Crippen LogP contribution in [0.5, 0.6) is 5.75 Å². The van der Waals surface area contributed by atoms with E-state index in [1.165, 1.54) is 11.8 Å². The van der Waals surface area contributed by atoms with Gasteiger partial charge in [-0.05, 0) is 11.6 Å². The zero-order valence-electron chi connectivity index (χ0n) is 17.4. The fraction of sp³-hybridized carbons (Fsp3) is 0.318. The number of amides is 1. The summed E-state index contributed by atoms with van der Waals surface area (Å²) in [5.41, 5.74) is 2.11. The lowest BCUT2D eigenvalue weighted by molar-refractivity contribution is -0.125. The summed E-state index contributed by atoms with van der Waals surface area (Å²) >= 11 is 1.36. The number of methoxy groups -OCH3 is 1. The second-order valence-corrected chi connectivity index (χ2v) is 7.71. The Morgan fingerprint density at radius 2 is 1.80 bits per heavy atom. The highest BCUT2D eigenvalue weighted by atomic mass is 32.2. The van der Waals surface area contributed by atoms with Crippen molar-refractivity contribution in [3.05, 3.63) is 60.4 Å². The molecule has 7 nitrogen and oxygen atoms in total. The summed E-state index contributed by atoms with van der Waals surface area (Å²) in [6.45, 7) is 1.37. The highest BCUT2D eigenvalue weighted by Gasteiger charge is 2.16. The van der Waals surface area contributed by atoms with Crippen LogP contribution in [0.3, 0.4) is 0 Å². The average molecular weight is 427 g/mol. The molecular weight excluding hydrogens is 400 g/mol. The molecule has 8 heteroatoms. The normalized spacial score (nSPS) is 10.8. The maximum Gasteiger partial charge on any atom is 0.232 e. The van der Waals surface area contributed by atoms with Crippen LogP contribution in [-0.4, -0.2) is 59.1 Å². The second kappa shape index (κ2) is 10.8. The van der Waals surface area contributed by atoms with Gasteiger partial charge in [0.25, 0.3) is 0 Å². The minimum Gasteiger partial charge on any atom is -0.485 e. The minimum absolute atomic E-state index is 0.0240. The van der Waals surface area contributed by atoms with Crippen LogP contribution in [0.15, 0.2) is 59.8 Å². The maximum atomic E-state index is 11.9. The standard InChI is InChI=1S/C22H26N4O3S/c1-25(2)21(27)16-30-22-24-23-20(26(22)13-14-28-3)15-29-19-12-8-7-11-18(19)17-9-5-4-6-10-17/h4-12H,13-16H2,1-3H3. The third kappa shape index (κ3) is 5.61. The molecule has 0 saturated carbocycles. The topological polar surface area (TPSA) is 69.5 Å². The molecule has 0 unspecified atom stereocenters. The molecule has 1 aromatic heterocycles. The smallest absolute Gasteiger partial charge is 0.232 e. The van der Waals surface area contributed by atoms with Crippen molar-refractivity contribution in [1.29, 1.82) is 0 Å². The first-order valence-electron chi connectivity index (χ1n) is 9.61. The molecule has 0 aliphatic rings. The van der Waals surface area contributed by atoms with Gasteiger partial charge < -0.3 is 18.9 Å². The third-order valence-corrected chi connectivity index (χ3v) is 5.42. The van der Waals surface area contributed by atoms with E-state index in [0.29, 0.717) is 29.9 Å². The molecule has 0 N–H and O–H groups in total. The molecule has 0 aliphatic carbocycles. The number of nitrogens with zero attached hydrogens (tertiary/aromatic N) is 4. The van der Waals surface area contributed by atoms with Crippen LogP contribution < -0.4 is 4.74 Å². The van der Waals surface area contributed by atoms with Crippen LogP contribution in [0.25, 0.3) is 11.1 Å². The summed E-state index contributed by atoms with van der Waals surface area (Å²) in [6.07, 6.45) is 0. The van der Waals surface area contributed by atoms with Gasteiger partial charge in [0.2, 0.25) is 5.91 Å². The van der Waals surface area contributed by atoms with Gasteiger partial charge in [0.05, 0.1) is 12.4 Å². The molecule has 2 aromatic carbocycles. The number of hydrogen-bond acceptors (Lipinski definition) is 6. The Bertz CT molecular complexity index is 960. The SMILES string of the molecule is COCCn1c(COc2ccccc2-c2ccccc2)nnc1SCC(=O)N(C)C. The molecule has 3 aromatic rings. The Balaban J connectivity index is 1.76. The van der Waals surface area contributed by atoms with Gasteiger partial charge in [-0.25, -0.2) is 0 Å². The number of para-hydroxylation sites is 1. The van der Waals surface area contributed by atoms with Crippen molar-refractivity contribution >= 4 is 17.7 Å². The molecule has 0 atom stereocenters. The molecule has 0 fully saturated rings. The van der Waals surface area contributed by atoms with Crippen molar-refractivity contribution in [3.63, 3.8) is 0 Å². The third-order valence-electron chi connectivity index (χ3n) is 4.46. The van der Waals surface area contributed by atoms with Crippen LogP contribution >= 0.6 is 11.8 Å². The van der Waals surface area contributed by atoms with Gasteiger partial charge in [-0.15, -0.1) is 10.2 Å². The molecule has 0 aliphatic heterocycles. The number of hydrogen-bond donors (Lipinski definition) is 0. The molecule has 0 bridgehead atoms. The summed E-state index contributed by atoms with van der Waals surface area (Å²) < 4.78 is 13.3. The van der Waals surface area contributed by atoms with E-state index in [1.807, 2.05) is 47.0 Å². The molecule has 158 valence electrons. The molecule has 3 rings (SSSR count). The highest BCUT2D eigenvalue weighted by Crippen LogP contribution is 2.30. The van der Waals surface area contributed by atoms with Gasteiger partial charge in [-0.3, -0.25) is 4.79 Å². The van der Waals surface area contributed by atoms with Crippen molar-refractivity contribution in [2.75, 3.05) is 33.6 Å². The molecular formula is C22H26N4O3S. The molecule has 1 heterocycles. The number of aromatic nitrogens is 3. The first kappa shape index (κ1) is 21.9. The van der Waals surface area contributed by atoms with E-state index in [9.17, 15) is 4.79 Å². The predicted octanol–water partition coefficient (Wildman–Crippen LogP) is 3.35.